The first-order chi connectivity index (χ1) is 18.0. The van der Waals surface area contributed by atoms with Crippen molar-refractivity contribution in [2.45, 2.75) is 6.42 Å². The van der Waals surface area contributed by atoms with Gasteiger partial charge in [-0.1, -0.05) is 35.6 Å². The highest BCUT2D eigenvalue weighted by Crippen LogP contribution is 2.38. The minimum atomic E-state index is -0.0897. The first-order valence-electron chi connectivity index (χ1n) is 11.9. The predicted molar refractivity (Wildman–Crippen MR) is 153 cm³/mol. The molecule has 1 amide bonds. The molecule has 0 saturated heterocycles. The number of carbonyl (C=O) groups excluding carboxylic acids is 1. The quantitative estimate of drug-likeness (QED) is 0.226. The molecule has 37 heavy (non-hydrogen) atoms. The Morgan fingerprint density at radius 3 is 2.43 bits per heavy atom. The molecule has 7 nitrogen and oxygen atoms in total. The number of benzene rings is 2. The summed E-state index contributed by atoms with van der Waals surface area (Å²) in [6.07, 6.45) is 0.808. The van der Waals surface area contributed by atoms with Gasteiger partial charge in [-0.05, 0) is 50.6 Å². The molecule has 5 aromatic rings. The third-order valence-electron chi connectivity index (χ3n) is 6.07. The number of methoxy groups -OCH3 is 2. The third kappa shape index (κ3) is 5.16. The van der Waals surface area contributed by atoms with Gasteiger partial charge in [0.25, 0.3) is 5.91 Å². The fraction of sp³-hybridized carbons (Fsp3) is 0.250. The van der Waals surface area contributed by atoms with E-state index >= 15 is 0 Å². The lowest BCUT2D eigenvalue weighted by Gasteiger charge is -2.22. The van der Waals surface area contributed by atoms with Gasteiger partial charge in [-0.15, -0.1) is 11.3 Å². The van der Waals surface area contributed by atoms with E-state index < -0.39 is 0 Å². The minimum absolute atomic E-state index is 0.0897. The standard InChI is InChI=1S/C28H28N4O3S2/c1-31(2)12-8-13-32(28-30-22-16-23(34-3)24(35-4)17-26(22)37-28)27(33)19-15-21(25-11-7-14-36-25)29-20-10-6-5-9-18(19)20/h5-7,9-11,14-17H,8,12-13H2,1-4H3. The summed E-state index contributed by atoms with van der Waals surface area (Å²) in [5, 5.41) is 3.49. The van der Waals surface area contributed by atoms with Crippen LogP contribution in [-0.2, 0) is 0 Å². The van der Waals surface area contributed by atoms with Crippen molar-refractivity contribution in [3.8, 4) is 22.1 Å². The molecule has 0 saturated carbocycles. The van der Waals surface area contributed by atoms with Crippen molar-refractivity contribution < 1.29 is 14.3 Å². The van der Waals surface area contributed by atoms with Crippen LogP contribution in [0.25, 0.3) is 31.7 Å². The fourth-order valence-electron chi connectivity index (χ4n) is 4.24. The van der Waals surface area contributed by atoms with E-state index in [0.717, 1.165) is 44.7 Å². The van der Waals surface area contributed by atoms with Crippen LogP contribution in [0.5, 0.6) is 11.5 Å². The number of amides is 1. The van der Waals surface area contributed by atoms with Crippen molar-refractivity contribution >= 4 is 54.8 Å². The van der Waals surface area contributed by atoms with Crippen LogP contribution in [0.4, 0.5) is 5.13 Å². The van der Waals surface area contributed by atoms with Crippen LogP contribution < -0.4 is 14.4 Å². The normalized spacial score (nSPS) is 11.4. The van der Waals surface area contributed by atoms with Crippen molar-refractivity contribution in [2.75, 3.05) is 46.3 Å². The zero-order valence-corrected chi connectivity index (χ0v) is 22.9. The van der Waals surface area contributed by atoms with E-state index in [9.17, 15) is 4.79 Å². The molecule has 0 aliphatic heterocycles. The van der Waals surface area contributed by atoms with E-state index in [2.05, 4.69) is 4.90 Å². The summed E-state index contributed by atoms with van der Waals surface area (Å²) < 4.78 is 11.9. The van der Waals surface area contributed by atoms with Gasteiger partial charge in [0.2, 0.25) is 0 Å². The highest BCUT2D eigenvalue weighted by atomic mass is 32.1. The second kappa shape index (κ2) is 10.8. The molecule has 3 aromatic heterocycles. The Labute approximate surface area is 223 Å². The van der Waals surface area contributed by atoms with Gasteiger partial charge in [-0.3, -0.25) is 9.69 Å². The van der Waals surface area contributed by atoms with Gasteiger partial charge in [-0.25, -0.2) is 9.97 Å². The van der Waals surface area contributed by atoms with Crippen molar-refractivity contribution in [2.24, 2.45) is 0 Å². The molecular weight excluding hydrogens is 504 g/mol. The van der Waals surface area contributed by atoms with Gasteiger partial charge in [-0.2, -0.15) is 0 Å². The molecule has 190 valence electrons. The number of thiazole rings is 1. The maximum absolute atomic E-state index is 14.3. The zero-order valence-electron chi connectivity index (χ0n) is 21.2. The Morgan fingerprint density at radius 2 is 1.70 bits per heavy atom. The van der Waals surface area contributed by atoms with Crippen LogP contribution in [0.1, 0.15) is 16.8 Å². The van der Waals surface area contributed by atoms with Gasteiger partial charge in [0.15, 0.2) is 16.6 Å². The number of anilines is 1. The summed E-state index contributed by atoms with van der Waals surface area (Å²) in [6, 6.07) is 17.5. The molecule has 0 bridgehead atoms. The monoisotopic (exact) mass is 532 g/mol. The smallest absolute Gasteiger partial charge is 0.260 e. The highest BCUT2D eigenvalue weighted by Gasteiger charge is 2.25. The van der Waals surface area contributed by atoms with Gasteiger partial charge in [0.1, 0.15) is 0 Å². The summed E-state index contributed by atoms with van der Waals surface area (Å²) in [6.45, 7) is 1.39. The Hall–Kier alpha value is -3.53. The Balaban J connectivity index is 1.62. The number of rotatable bonds is 9. The van der Waals surface area contributed by atoms with Crippen LogP contribution in [0.15, 0.2) is 60.0 Å². The number of pyridine rings is 1. The molecule has 0 radical (unpaired) electrons. The molecule has 2 aromatic carbocycles. The van der Waals surface area contributed by atoms with E-state index in [1.807, 2.05) is 74.1 Å². The van der Waals surface area contributed by atoms with Gasteiger partial charge in [0, 0.05) is 24.1 Å². The molecule has 0 aliphatic carbocycles. The first kappa shape index (κ1) is 25.1. The lowest BCUT2D eigenvalue weighted by atomic mass is 10.1. The highest BCUT2D eigenvalue weighted by molar-refractivity contribution is 7.22. The lowest BCUT2D eigenvalue weighted by Crippen LogP contribution is -2.33. The number of aromatic nitrogens is 2. The number of para-hydroxylation sites is 1. The number of nitrogens with zero attached hydrogens (tertiary/aromatic N) is 4. The zero-order chi connectivity index (χ0) is 25.9. The molecule has 0 spiro atoms. The van der Waals surface area contributed by atoms with E-state index in [0.29, 0.717) is 28.7 Å². The summed E-state index contributed by atoms with van der Waals surface area (Å²) in [7, 11) is 7.29. The maximum Gasteiger partial charge on any atom is 0.260 e. The molecule has 9 heteroatoms. The SMILES string of the molecule is COc1cc2nc(N(CCCN(C)C)C(=O)c3cc(-c4cccs4)nc4ccccc34)sc2cc1OC. The Bertz CT molecular complexity index is 1510. The predicted octanol–water partition coefficient (Wildman–Crippen LogP) is 6.19. The van der Waals surface area contributed by atoms with E-state index in [-0.39, 0.29) is 5.91 Å². The lowest BCUT2D eigenvalue weighted by molar-refractivity contribution is 0.0987. The van der Waals surface area contributed by atoms with E-state index in [4.69, 9.17) is 19.4 Å². The number of hydrogen-bond donors (Lipinski definition) is 0. The number of hydrogen-bond acceptors (Lipinski definition) is 8. The average Bonchev–Trinajstić information content (AvgIpc) is 3.59. The van der Waals surface area contributed by atoms with Crippen molar-refractivity contribution in [1.82, 2.24) is 14.9 Å². The maximum atomic E-state index is 14.3. The number of fused-ring (bicyclic) bond motifs is 2. The first-order valence-corrected chi connectivity index (χ1v) is 13.6. The van der Waals surface area contributed by atoms with Crippen molar-refractivity contribution in [1.29, 1.82) is 0 Å². The number of ether oxygens (including phenoxy) is 2. The molecule has 5 rings (SSSR count). The number of thiophene rings is 1. The molecular formula is C28H28N4O3S2. The Kier molecular flexibility index (Phi) is 7.36. The largest absolute Gasteiger partial charge is 0.493 e. The molecule has 3 heterocycles. The van der Waals surface area contributed by atoms with Crippen LogP contribution in [0, 0.1) is 0 Å². The fourth-order valence-corrected chi connectivity index (χ4v) is 5.92. The van der Waals surface area contributed by atoms with E-state index in [1.54, 1.807) is 30.5 Å². The number of carbonyl (C=O) groups is 1. The van der Waals surface area contributed by atoms with Crippen molar-refractivity contribution in [3.05, 3.63) is 65.5 Å². The van der Waals surface area contributed by atoms with Crippen LogP contribution in [-0.4, -0.2) is 62.2 Å². The molecule has 0 N–H and O–H groups in total. The van der Waals surface area contributed by atoms with Crippen LogP contribution in [0.2, 0.25) is 0 Å². The van der Waals surface area contributed by atoms with Crippen molar-refractivity contribution in [3.63, 3.8) is 0 Å². The summed E-state index contributed by atoms with van der Waals surface area (Å²) in [4.78, 5) is 28.9. The second-order valence-corrected chi connectivity index (χ2v) is 10.8. The molecule has 0 aliphatic rings. The van der Waals surface area contributed by atoms with E-state index in [1.165, 1.54) is 11.3 Å². The average molecular weight is 533 g/mol. The van der Waals surface area contributed by atoms with Crippen LogP contribution >= 0.6 is 22.7 Å². The third-order valence-corrected chi connectivity index (χ3v) is 8.00. The molecule has 0 unspecified atom stereocenters. The van der Waals surface area contributed by atoms with Gasteiger partial charge < -0.3 is 14.4 Å². The second-order valence-electron chi connectivity index (χ2n) is 8.83. The topological polar surface area (TPSA) is 67.8 Å². The molecule has 0 atom stereocenters. The van der Waals surface area contributed by atoms with Gasteiger partial charge in [0.05, 0.1) is 46.1 Å². The Morgan fingerprint density at radius 1 is 0.919 bits per heavy atom. The summed E-state index contributed by atoms with van der Waals surface area (Å²) >= 11 is 3.08. The summed E-state index contributed by atoms with van der Waals surface area (Å²) in [5.41, 5.74) is 2.98. The minimum Gasteiger partial charge on any atom is -0.493 e. The molecule has 0 fully saturated rings. The van der Waals surface area contributed by atoms with Crippen LogP contribution in [0.3, 0.4) is 0 Å². The summed E-state index contributed by atoms with van der Waals surface area (Å²) in [5.74, 6) is 1.16. The van der Waals surface area contributed by atoms with Gasteiger partial charge >= 0.3 is 0 Å².